The number of ether oxygens (including phenoxy) is 4. The van der Waals surface area contributed by atoms with Gasteiger partial charge in [0.05, 0.1) is 25.2 Å². The van der Waals surface area contributed by atoms with Crippen molar-refractivity contribution in [2.45, 2.75) is 19.8 Å². The smallest absolute Gasteiger partial charge is 0.338 e. The van der Waals surface area contributed by atoms with Crippen molar-refractivity contribution < 1.29 is 38.1 Å². The summed E-state index contributed by atoms with van der Waals surface area (Å²) < 4.78 is 21.2. The fourth-order valence-electron chi connectivity index (χ4n) is 4.01. The van der Waals surface area contributed by atoms with Crippen LogP contribution < -0.4 is 19.7 Å². The lowest BCUT2D eigenvalue weighted by Crippen LogP contribution is -2.28. The van der Waals surface area contributed by atoms with Gasteiger partial charge < -0.3 is 29.2 Å². The number of benzene rings is 3. The highest BCUT2D eigenvalue weighted by atomic mass is 16.5. The molecule has 10 nitrogen and oxygen atoms in total. The number of carbonyl (C=O) groups excluding carboxylic acids is 4. The molecule has 1 saturated heterocycles. The van der Waals surface area contributed by atoms with Crippen molar-refractivity contribution in [2.75, 3.05) is 37.1 Å². The van der Waals surface area contributed by atoms with E-state index in [0.717, 1.165) is 12.2 Å². The molecular weight excluding hydrogens is 516 g/mol. The van der Waals surface area contributed by atoms with Crippen LogP contribution in [0.3, 0.4) is 0 Å². The standard InChI is InChI=1S/C30H30N2O8/c1-3-16-38-29(35)20-4-6-22(7-5-20)31-27(33)19-39-30(36)21-17-28(34)32(18-21)23-8-10-25(11-9-23)40-26-14-12-24(37-2)13-15-26/h4-15,21H,3,16-19H2,1-2H3,(H,31,33)/t21-/m0/s1. The maximum atomic E-state index is 12.6. The van der Waals surface area contributed by atoms with Gasteiger partial charge in [-0.15, -0.1) is 0 Å². The van der Waals surface area contributed by atoms with Crippen LogP contribution in [-0.4, -0.2) is 50.6 Å². The molecule has 0 saturated carbocycles. The third-order valence-electron chi connectivity index (χ3n) is 6.09. The fraction of sp³-hybridized carbons (Fsp3) is 0.267. The largest absolute Gasteiger partial charge is 0.497 e. The van der Waals surface area contributed by atoms with Crippen LogP contribution in [0.4, 0.5) is 11.4 Å². The molecule has 208 valence electrons. The van der Waals surface area contributed by atoms with E-state index in [4.69, 9.17) is 18.9 Å². The quantitative estimate of drug-likeness (QED) is 0.347. The lowest BCUT2D eigenvalue weighted by Gasteiger charge is -2.17. The van der Waals surface area contributed by atoms with Gasteiger partial charge in [-0.1, -0.05) is 6.92 Å². The van der Waals surface area contributed by atoms with Gasteiger partial charge >= 0.3 is 11.9 Å². The van der Waals surface area contributed by atoms with E-state index in [1.165, 1.54) is 17.0 Å². The van der Waals surface area contributed by atoms with Crippen LogP contribution >= 0.6 is 0 Å². The highest BCUT2D eigenvalue weighted by Crippen LogP contribution is 2.29. The van der Waals surface area contributed by atoms with Crippen molar-refractivity contribution in [3.05, 3.63) is 78.4 Å². The first-order chi connectivity index (χ1) is 19.4. The van der Waals surface area contributed by atoms with Gasteiger partial charge in [-0.05, 0) is 79.2 Å². The highest BCUT2D eigenvalue weighted by Gasteiger charge is 2.36. The van der Waals surface area contributed by atoms with E-state index >= 15 is 0 Å². The number of carbonyl (C=O) groups is 4. The Bertz CT molecular complexity index is 1340. The van der Waals surface area contributed by atoms with Crippen LogP contribution in [0.15, 0.2) is 72.8 Å². The predicted molar refractivity (Wildman–Crippen MR) is 147 cm³/mol. The first-order valence-corrected chi connectivity index (χ1v) is 12.8. The van der Waals surface area contributed by atoms with Gasteiger partial charge in [0.2, 0.25) is 5.91 Å². The van der Waals surface area contributed by atoms with Crippen molar-refractivity contribution in [1.29, 1.82) is 0 Å². The average molecular weight is 547 g/mol. The minimum absolute atomic E-state index is 0.0137. The molecule has 10 heteroatoms. The monoisotopic (exact) mass is 546 g/mol. The molecule has 4 rings (SSSR count). The van der Waals surface area contributed by atoms with Gasteiger partial charge in [-0.25, -0.2) is 4.79 Å². The number of hydrogen-bond acceptors (Lipinski definition) is 8. The SMILES string of the molecule is CCCOC(=O)c1ccc(NC(=O)COC(=O)[C@H]2CC(=O)N(c3ccc(Oc4ccc(OC)cc4)cc3)C2)cc1. The molecular formula is C30H30N2O8. The summed E-state index contributed by atoms with van der Waals surface area (Å²) in [4.78, 5) is 50.8. The number of nitrogens with zero attached hydrogens (tertiary/aromatic N) is 1. The first-order valence-electron chi connectivity index (χ1n) is 12.8. The molecule has 1 aliphatic rings. The zero-order chi connectivity index (χ0) is 28.5. The molecule has 0 bridgehead atoms. The van der Waals surface area contributed by atoms with E-state index in [2.05, 4.69) is 5.32 Å². The van der Waals surface area contributed by atoms with Crippen LogP contribution in [0.5, 0.6) is 17.2 Å². The molecule has 3 aromatic rings. The summed E-state index contributed by atoms with van der Waals surface area (Å²) in [5, 5.41) is 2.61. The minimum Gasteiger partial charge on any atom is -0.497 e. The summed E-state index contributed by atoms with van der Waals surface area (Å²) in [5.74, 6) is -0.553. The second-order valence-electron chi connectivity index (χ2n) is 9.05. The second-order valence-corrected chi connectivity index (χ2v) is 9.05. The molecule has 0 aromatic heterocycles. The topological polar surface area (TPSA) is 120 Å². The summed E-state index contributed by atoms with van der Waals surface area (Å²) in [5.41, 5.74) is 1.43. The second kappa shape index (κ2) is 13.3. The number of nitrogens with one attached hydrogen (secondary N) is 1. The van der Waals surface area contributed by atoms with Crippen molar-refractivity contribution in [3.8, 4) is 17.2 Å². The maximum Gasteiger partial charge on any atom is 0.338 e. The number of anilines is 2. The molecule has 1 fully saturated rings. The van der Waals surface area contributed by atoms with Crippen molar-refractivity contribution in [3.63, 3.8) is 0 Å². The van der Waals surface area contributed by atoms with E-state index in [1.807, 2.05) is 6.92 Å². The Balaban J connectivity index is 1.24. The molecule has 0 aliphatic carbocycles. The molecule has 0 radical (unpaired) electrons. The Kier molecular flexibility index (Phi) is 9.35. The third-order valence-corrected chi connectivity index (χ3v) is 6.09. The maximum absolute atomic E-state index is 12.6. The van der Waals surface area contributed by atoms with Gasteiger partial charge in [-0.3, -0.25) is 14.4 Å². The summed E-state index contributed by atoms with van der Waals surface area (Å²) in [6, 6.07) is 20.3. The molecule has 40 heavy (non-hydrogen) atoms. The van der Waals surface area contributed by atoms with Crippen LogP contribution in [0.1, 0.15) is 30.1 Å². The van der Waals surface area contributed by atoms with Crippen LogP contribution in [-0.2, 0) is 23.9 Å². The fourth-order valence-corrected chi connectivity index (χ4v) is 4.01. The molecule has 2 amide bonds. The van der Waals surface area contributed by atoms with E-state index in [0.29, 0.717) is 35.0 Å². The number of rotatable bonds is 11. The van der Waals surface area contributed by atoms with Gasteiger partial charge in [0.15, 0.2) is 6.61 Å². The number of hydrogen-bond donors (Lipinski definition) is 1. The molecule has 0 spiro atoms. The van der Waals surface area contributed by atoms with Gasteiger partial charge in [0, 0.05) is 24.3 Å². The number of amides is 2. The Morgan fingerprint density at radius 3 is 2.12 bits per heavy atom. The Morgan fingerprint density at radius 1 is 0.875 bits per heavy atom. The summed E-state index contributed by atoms with van der Waals surface area (Å²) in [6.07, 6.45) is 0.709. The third kappa shape index (κ3) is 7.37. The predicted octanol–water partition coefficient (Wildman–Crippen LogP) is 4.59. The van der Waals surface area contributed by atoms with Gasteiger partial charge in [-0.2, -0.15) is 0 Å². The summed E-state index contributed by atoms with van der Waals surface area (Å²) >= 11 is 0. The van der Waals surface area contributed by atoms with Crippen molar-refractivity contribution in [1.82, 2.24) is 0 Å². The normalized spacial score (nSPS) is 14.4. The minimum atomic E-state index is -0.691. The van der Waals surface area contributed by atoms with Crippen molar-refractivity contribution >= 4 is 35.1 Å². The first kappa shape index (κ1) is 28.2. The zero-order valence-corrected chi connectivity index (χ0v) is 22.3. The Hall–Kier alpha value is -4.86. The Morgan fingerprint density at radius 2 is 1.50 bits per heavy atom. The molecule has 1 heterocycles. The van der Waals surface area contributed by atoms with E-state index < -0.39 is 30.4 Å². The molecule has 0 unspecified atom stereocenters. The van der Waals surface area contributed by atoms with Crippen LogP contribution in [0.2, 0.25) is 0 Å². The zero-order valence-electron chi connectivity index (χ0n) is 22.3. The Labute approximate surface area is 231 Å². The van der Waals surface area contributed by atoms with Gasteiger partial charge in [0.1, 0.15) is 17.2 Å². The van der Waals surface area contributed by atoms with E-state index in [1.54, 1.807) is 67.8 Å². The van der Waals surface area contributed by atoms with Crippen LogP contribution in [0.25, 0.3) is 0 Å². The van der Waals surface area contributed by atoms with Gasteiger partial charge in [0.25, 0.3) is 5.91 Å². The number of methoxy groups -OCH3 is 1. The molecule has 1 N–H and O–H groups in total. The summed E-state index contributed by atoms with van der Waals surface area (Å²) in [6.45, 7) is 1.88. The summed E-state index contributed by atoms with van der Waals surface area (Å²) in [7, 11) is 1.59. The average Bonchev–Trinajstić information content (AvgIpc) is 3.37. The molecule has 1 atom stereocenters. The van der Waals surface area contributed by atoms with E-state index in [-0.39, 0.29) is 18.9 Å². The lowest BCUT2D eigenvalue weighted by molar-refractivity contribution is -0.151. The lowest BCUT2D eigenvalue weighted by atomic mass is 10.1. The van der Waals surface area contributed by atoms with Crippen molar-refractivity contribution in [2.24, 2.45) is 5.92 Å². The number of esters is 2. The molecule has 1 aliphatic heterocycles. The van der Waals surface area contributed by atoms with Crippen LogP contribution in [0, 0.1) is 5.92 Å². The highest BCUT2D eigenvalue weighted by molar-refractivity contribution is 6.00. The molecule has 3 aromatic carbocycles. The van der Waals surface area contributed by atoms with E-state index in [9.17, 15) is 19.2 Å².